The zero-order valence-corrected chi connectivity index (χ0v) is 20.1. The number of rotatable bonds is 7. The van der Waals surface area contributed by atoms with Gasteiger partial charge in [0.25, 0.3) is 0 Å². The Balaban J connectivity index is 1.86. The molecular weight excluding hydrogens is 442 g/mol. The molecule has 5 aromatic rings. The van der Waals surface area contributed by atoms with Crippen molar-refractivity contribution in [2.45, 2.75) is 6.92 Å². The van der Waals surface area contributed by atoms with Crippen molar-refractivity contribution in [1.82, 2.24) is 0 Å². The second-order valence-electron chi connectivity index (χ2n) is 8.58. The Morgan fingerprint density at radius 3 is 1.81 bits per heavy atom. The highest BCUT2D eigenvalue weighted by atomic mass is 16.3. The first-order valence-electron chi connectivity index (χ1n) is 12.1. The largest absolute Gasteiger partial charge is 0.506 e. The molecule has 0 fully saturated rings. The van der Waals surface area contributed by atoms with Crippen molar-refractivity contribution < 1.29 is 9.90 Å². The maximum Gasteiger partial charge on any atom is 0.195 e. The lowest BCUT2D eigenvalue weighted by molar-refractivity contribution is 0.104. The van der Waals surface area contributed by atoms with Gasteiger partial charge in [-0.1, -0.05) is 103 Å². The van der Waals surface area contributed by atoms with Gasteiger partial charge in [-0.15, -0.1) is 0 Å². The molecule has 0 heterocycles. The quantitative estimate of drug-likeness (QED) is 0.245. The average Bonchev–Trinajstić information content (AvgIpc) is 2.95. The molecule has 0 aliphatic rings. The van der Waals surface area contributed by atoms with Gasteiger partial charge in [0.15, 0.2) is 5.78 Å². The van der Waals surface area contributed by atoms with Crippen LogP contribution in [0, 0.1) is 0 Å². The van der Waals surface area contributed by atoms with Gasteiger partial charge >= 0.3 is 0 Å². The van der Waals surface area contributed by atoms with Crippen molar-refractivity contribution in [3.05, 3.63) is 139 Å². The van der Waals surface area contributed by atoms with E-state index in [0.717, 1.165) is 27.9 Å². The number of phenols is 1. The Bertz CT molecular complexity index is 1480. The summed E-state index contributed by atoms with van der Waals surface area (Å²) in [5.74, 6) is 0.113. The molecule has 0 aromatic heterocycles. The Morgan fingerprint density at radius 2 is 1.19 bits per heavy atom. The highest BCUT2D eigenvalue weighted by Crippen LogP contribution is 2.42. The number of hydrogen-bond acceptors (Lipinski definition) is 3. The maximum atomic E-state index is 14.2. The Labute approximate surface area is 211 Å². The van der Waals surface area contributed by atoms with Crippen molar-refractivity contribution in [2.24, 2.45) is 0 Å². The molecule has 176 valence electrons. The molecular formula is C33H27NO2. The van der Waals surface area contributed by atoms with Crippen molar-refractivity contribution in [3.8, 4) is 28.0 Å². The standard InChI is InChI=1S/C33H27NO2/c1-2-34(29-20-12-13-21-31(29)35)30-23-27(24-14-6-3-7-15-24)22-28(25-16-8-4-9-17-25)32(30)33(36)26-18-10-5-11-19-26/h3-23,35H,2H2,1H3. The first kappa shape index (κ1) is 23.1. The number of phenolic OH excluding ortho intramolecular Hbond substituents is 1. The SMILES string of the molecule is CCN(c1ccccc1O)c1cc(-c2ccccc2)cc(-c2ccccc2)c1C(=O)c1ccccc1. The molecule has 0 atom stereocenters. The predicted octanol–water partition coefficient (Wildman–Crippen LogP) is 8.12. The minimum atomic E-state index is -0.0575. The molecule has 0 spiro atoms. The van der Waals surface area contributed by atoms with E-state index in [1.807, 2.05) is 103 Å². The van der Waals surface area contributed by atoms with Gasteiger partial charge in [-0.25, -0.2) is 0 Å². The van der Waals surface area contributed by atoms with Crippen LogP contribution in [0.1, 0.15) is 22.8 Å². The van der Waals surface area contributed by atoms with Crippen molar-refractivity contribution in [3.63, 3.8) is 0 Å². The smallest absolute Gasteiger partial charge is 0.195 e. The first-order valence-corrected chi connectivity index (χ1v) is 12.1. The van der Waals surface area contributed by atoms with Crippen LogP contribution >= 0.6 is 0 Å². The fourth-order valence-corrected chi connectivity index (χ4v) is 4.62. The number of para-hydroxylation sites is 2. The fourth-order valence-electron chi connectivity index (χ4n) is 4.62. The summed E-state index contributed by atoms with van der Waals surface area (Å²) >= 11 is 0. The molecule has 0 aliphatic heterocycles. The summed E-state index contributed by atoms with van der Waals surface area (Å²) in [5, 5.41) is 10.8. The minimum absolute atomic E-state index is 0.0575. The first-order chi connectivity index (χ1) is 17.7. The van der Waals surface area contributed by atoms with Crippen LogP contribution in [0.25, 0.3) is 22.3 Å². The minimum Gasteiger partial charge on any atom is -0.506 e. The van der Waals surface area contributed by atoms with E-state index in [1.165, 1.54) is 0 Å². The molecule has 0 amide bonds. The van der Waals surface area contributed by atoms with Crippen LogP contribution in [0.5, 0.6) is 5.75 Å². The van der Waals surface area contributed by atoms with Gasteiger partial charge < -0.3 is 10.0 Å². The molecule has 0 radical (unpaired) electrons. The molecule has 36 heavy (non-hydrogen) atoms. The Kier molecular flexibility index (Phi) is 6.63. The van der Waals surface area contributed by atoms with E-state index in [1.54, 1.807) is 12.1 Å². The highest BCUT2D eigenvalue weighted by Gasteiger charge is 2.25. The normalized spacial score (nSPS) is 10.7. The van der Waals surface area contributed by atoms with Gasteiger partial charge in [-0.2, -0.15) is 0 Å². The van der Waals surface area contributed by atoms with Gasteiger partial charge in [-0.3, -0.25) is 4.79 Å². The van der Waals surface area contributed by atoms with E-state index < -0.39 is 0 Å². The summed E-state index contributed by atoms with van der Waals surface area (Å²) in [5.41, 5.74) is 6.53. The molecule has 0 bridgehead atoms. The van der Waals surface area contributed by atoms with Crippen molar-refractivity contribution in [2.75, 3.05) is 11.4 Å². The summed E-state index contributed by atoms with van der Waals surface area (Å²) in [4.78, 5) is 16.2. The summed E-state index contributed by atoms with van der Waals surface area (Å²) < 4.78 is 0. The topological polar surface area (TPSA) is 40.5 Å². The summed E-state index contributed by atoms with van der Waals surface area (Å²) in [7, 11) is 0. The number of carbonyl (C=O) groups excluding carboxylic acids is 1. The third-order valence-electron chi connectivity index (χ3n) is 6.35. The van der Waals surface area contributed by atoms with Crippen LogP contribution in [0.2, 0.25) is 0 Å². The summed E-state index contributed by atoms with van der Waals surface area (Å²) in [6.45, 7) is 2.60. The van der Waals surface area contributed by atoms with E-state index in [9.17, 15) is 9.90 Å². The highest BCUT2D eigenvalue weighted by molar-refractivity contribution is 6.17. The van der Waals surface area contributed by atoms with Gasteiger partial charge in [0.2, 0.25) is 0 Å². The number of hydrogen-bond donors (Lipinski definition) is 1. The summed E-state index contributed by atoms with van der Waals surface area (Å²) in [6.07, 6.45) is 0. The Hall–Kier alpha value is -4.63. The molecule has 0 unspecified atom stereocenters. The van der Waals surface area contributed by atoms with Crippen LogP contribution in [0.3, 0.4) is 0 Å². The van der Waals surface area contributed by atoms with Crippen LogP contribution in [-0.2, 0) is 0 Å². The zero-order valence-electron chi connectivity index (χ0n) is 20.1. The van der Waals surface area contributed by atoms with Gasteiger partial charge in [0.1, 0.15) is 5.75 Å². The molecule has 0 aliphatic carbocycles. The van der Waals surface area contributed by atoms with E-state index >= 15 is 0 Å². The van der Waals surface area contributed by atoms with Gasteiger partial charge in [0, 0.05) is 12.1 Å². The fraction of sp³-hybridized carbons (Fsp3) is 0.0606. The van der Waals surface area contributed by atoms with E-state index in [0.29, 0.717) is 23.4 Å². The van der Waals surface area contributed by atoms with Crippen LogP contribution < -0.4 is 4.90 Å². The second-order valence-corrected chi connectivity index (χ2v) is 8.58. The molecule has 1 N–H and O–H groups in total. The molecule has 5 rings (SSSR count). The van der Waals surface area contributed by atoms with Gasteiger partial charge in [0.05, 0.1) is 16.9 Å². The van der Waals surface area contributed by atoms with E-state index in [2.05, 4.69) is 24.3 Å². The third kappa shape index (κ3) is 4.51. The van der Waals surface area contributed by atoms with Crippen LogP contribution in [0.4, 0.5) is 11.4 Å². The maximum absolute atomic E-state index is 14.2. The molecule has 3 nitrogen and oxygen atoms in total. The van der Waals surface area contributed by atoms with Crippen molar-refractivity contribution >= 4 is 17.2 Å². The number of aromatic hydroxyl groups is 1. The van der Waals surface area contributed by atoms with Crippen LogP contribution in [0.15, 0.2) is 127 Å². The number of anilines is 2. The lowest BCUT2D eigenvalue weighted by Crippen LogP contribution is -2.20. The lowest BCUT2D eigenvalue weighted by atomic mass is 9.88. The number of carbonyl (C=O) groups is 1. The summed E-state index contributed by atoms with van der Waals surface area (Å²) in [6, 6.07) is 41.0. The Morgan fingerprint density at radius 1 is 0.639 bits per heavy atom. The molecule has 0 saturated carbocycles. The van der Waals surface area contributed by atoms with E-state index in [4.69, 9.17) is 0 Å². The molecule has 3 heteroatoms. The zero-order chi connectivity index (χ0) is 24.9. The second kappa shape index (κ2) is 10.3. The monoisotopic (exact) mass is 469 g/mol. The average molecular weight is 470 g/mol. The van der Waals surface area contributed by atoms with Crippen LogP contribution in [-0.4, -0.2) is 17.4 Å². The third-order valence-corrected chi connectivity index (χ3v) is 6.35. The molecule has 0 saturated heterocycles. The lowest BCUT2D eigenvalue weighted by Gasteiger charge is -2.28. The van der Waals surface area contributed by atoms with Crippen molar-refractivity contribution in [1.29, 1.82) is 0 Å². The van der Waals surface area contributed by atoms with Gasteiger partial charge in [-0.05, 0) is 53.4 Å². The number of nitrogens with zero attached hydrogens (tertiary/aromatic N) is 1. The predicted molar refractivity (Wildman–Crippen MR) is 148 cm³/mol. The number of benzene rings is 5. The van der Waals surface area contributed by atoms with E-state index in [-0.39, 0.29) is 11.5 Å². The molecule has 5 aromatic carbocycles. The number of ketones is 1.